The number of nitrogens with zero attached hydrogens (tertiary/aromatic N) is 2. The second-order valence-corrected chi connectivity index (χ2v) is 7.05. The summed E-state index contributed by atoms with van der Waals surface area (Å²) >= 11 is 7.16. The summed E-state index contributed by atoms with van der Waals surface area (Å²) in [5.74, 6) is 0. The molecule has 2 rings (SSSR count). The molecule has 8 heteroatoms. The summed E-state index contributed by atoms with van der Waals surface area (Å²) in [6, 6.07) is 1.43. The molecular weight excluding hydrogens is 306 g/mol. The van der Waals surface area contributed by atoms with Gasteiger partial charge in [-0.3, -0.25) is 9.71 Å². The number of rotatable bonds is 4. The van der Waals surface area contributed by atoms with Gasteiger partial charge in [-0.15, -0.1) is 11.3 Å². The van der Waals surface area contributed by atoms with Crippen molar-refractivity contribution in [1.82, 2.24) is 9.97 Å². The molecule has 2 heterocycles. The van der Waals surface area contributed by atoms with E-state index in [9.17, 15) is 8.42 Å². The predicted octanol–water partition coefficient (Wildman–Crippen LogP) is 2.86. The van der Waals surface area contributed by atoms with Crippen LogP contribution in [-0.4, -0.2) is 18.4 Å². The fourth-order valence-corrected chi connectivity index (χ4v) is 4.10. The lowest BCUT2D eigenvalue weighted by Crippen LogP contribution is -2.13. The number of nitrogens with one attached hydrogen (secondary N) is 1. The summed E-state index contributed by atoms with van der Waals surface area (Å²) in [5.41, 5.74) is 0.889. The molecular formula is C11H12ClN3O2S2. The highest BCUT2D eigenvalue weighted by molar-refractivity contribution is 7.93. The Morgan fingerprint density at radius 1 is 1.47 bits per heavy atom. The standard InChI is InChI=1S/C11H12ClN3O2S2/c1-3-9-7(2)18-11(14-9)15-19(16,17)10-6-13-5-4-8(10)12/h4-6H,3H2,1-2H3,(H,14,15). The lowest BCUT2D eigenvalue weighted by molar-refractivity contribution is 0.601. The van der Waals surface area contributed by atoms with E-state index in [1.165, 1.54) is 29.8 Å². The average Bonchev–Trinajstić information content (AvgIpc) is 2.68. The van der Waals surface area contributed by atoms with Gasteiger partial charge in [-0.2, -0.15) is 0 Å². The molecule has 0 aliphatic rings. The third-order valence-electron chi connectivity index (χ3n) is 2.47. The zero-order valence-electron chi connectivity index (χ0n) is 10.3. The van der Waals surface area contributed by atoms with Crippen LogP contribution < -0.4 is 4.72 Å². The van der Waals surface area contributed by atoms with Gasteiger partial charge in [-0.1, -0.05) is 18.5 Å². The second-order valence-electron chi connectivity index (χ2n) is 3.79. The molecule has 0 saturated carbocycles. The molecule has 0 saturated heterocycles. The Morgan fingerprint density at radius 3 is 2.79 bits per heavy atom. The van der Waals surface area contributed by atoms with Gasteiger partial charge in [0.15, 0.2) is 5.13 Å². The summed E-state index contributed by atoms with van der Waals surface area (Å²) in [4.78, 5) is 8.95. The Kier molecular flexibility index (Phi) is 4.07. The van der Waals surface area contributed by atoms with Crippen LogP contribution in [0.25, 0.3) is 0 Å². The molecule has 2 aromatic heterocycles. The fourth-order valence-electron chi connectivity index (χ4n) is 1.53. The number of pyridine rings is 1. The highest BCUT2D eigenvalue weighted by Gasteiger charge is 2.20. The van der Waals surface area contributed by atoms with Gasteiger partial charge in [0.2, 0.25) is 0 Å². The summed E-state index contributed by atoms with van der Waals surface area (Å²) < 4.78 is 26.8. The first-order valence-corrected chi connectivity index (χ1v) is 8.20. The second kappa shape index (κ2) is 5.44. The third-order valence-corrected chi connectivity index (χ3v) is 5.34. The molecule has 0 aromatic carbocycles. The van der Waals surface area contributed by atoms with Gasteiger partial charge < -0.3 is 0 Å². The van der Waals surface area contributed by atoms with Crippen LogP contribution >= 0.6 is 22.9 Å². The topological polar surface area (TPSA) is 72.0 Å². The van der Waals surface area contributed by atoms with Crippen molar-refractivity contribution in [2.24, 2.45) is 0 Å². The molecule has 0 amide bonds. The Balaban J connectivity index is 2.34. The van der Waals surface area contributed by atoms with E-state index in [2.05, 4.69) is 14.7 Å². The van der Waals surface area contributed by atoms with E-state index < -0.39 is 10.0 Å². The Bertz CT molecular complexity index is 698. The minimum Gasteiger partial charge on any atom is -0.263 e. The summed E-state index contributed by atoms with van der Waals surface area (Å²) in [6.07, 6.45) is 3.41. The predicted molar refractivity (Wildman–Crippen MR) is 76.3 cm³/mol. The summed E-state index contributed by atoms with van der Waals surface area (Å²) in [7, 11) is -3.75. The summed E-state index contributed by atoms with van der Waals surface area (Å²) in [5, 5.41) is 0.473. The number of halogens is 1. The van der Waals surface area contributed by atoms with Crippen LogP contribution in [0.2, 0.25) is 5.02 Å². The Hall–Kier alpha value is -1.18. The minimum atomic E-state index is -3.75. The molecule has 102 valence electrons. The van der Waals surface area contributed by atoms with Crippen LogP contribution in [0.3, 0.4) is 0 Å². The normalized spacial score (nSPS) is 11.5. The first-order chi connectivity index (χ1) is 8.94. The van der Waals surface area contributed by atoms with E-state index in [0.29, 0.717) is 5.13 Å². The van der Waals surface area contributed by atoms with Crippen molar-refractivity contribution in [1.29, 1.82) is 0 Å². The first-order valence-electron chi connectivity index (χ1n) is 5.52. The van der Waals surface area contributed by atoms with Crippen LogP contribution in [0.1, 0.15) is 17.5 Å². The highest BCUT2D eigenvalue weighted by Crippen LogP contribution is 2.26. The molecule has 1 N–H and O–H groups in total. The average molecular weight is 318 g/mol. The number of hydrogen-bond donors (Lipinski definition) is 1. The molecule has 0 aliphatic heterocycles. The van der Waals surface area contributed by atoms with Gasteiger partial charge in [0.25, 0.3) is 10.0 Å². The number of hydrogen-bond acceptors (Lipinski definition) is 5. The number of aryl methyl sites for hydroxylation is 2. The molecule has 5 nitrogen and oxygen atoms in total. The van der Waals surface area contributed by atoms with Crippen LogP contribution in [0.15, 0.2) is 23.4 Å². The monoisotopic (exact) mass is 317 g/mol. The van der Waals surface area contributed by atoms with E-state index in [0.717, 1.165) is 17.0 Å². The van der Waals surface area contributed by atoms with E-state index in [1.807, 2.05) is 13.8 Å². The maximum absolute atomic E-state index is 12.2. The highest BCUT2D eigenvalue weighted by atomic mass is 35.5. The smallest absolute Gasteiger partial charge is 0.263 e. The Morgan fingerprint density at radius 2 is 2.21 bits per heavy atom. The zero-order chi connectivity index (χ0) is 14.0. The van der Waals surface area contributed by atoms with E-state index in [4.69, 9.17) is 11.6 Å². The molecule has 0 bridgehead atoms. The Labute approximate surface area is 120 Å². The number of aromatic nitrogens is 2. The van der Waals surface area contributed by atoms with Gasteiger partial charge in [0, 0.05) is 17.3 Å². The van der Waals surface area contributed by atoms with Gasteiger partial charge >= 0.3 is 0 Å². The SMILES string of the molecule is CCc1nc(NS(=O)(=O)c2cnccc2Cl)sc1C. The van der Waals surface area contributed by atoms with Gasteiger partial charge in [0.1, 0.15) is 4.90 Å². The fraction of sp³-hybridized carbons (Fsp3) is 0.273. The molecule has 0 aliphatic carbocycles. The van der Waals surface area contributed by atoms with Crippen LogP contribution in [0.5, 0.6) is 0 Å². The number of thiazole rings is 1. The quantitative estimate of drug-likeness (QED) is 0.941. The molecule has 0 radical (unpaired) electrons. The van der Waals surface area contributed by atoms with Crippen molar-refractivity contribution in [2.75, 3.05) is 4.72 Å². The number of sulfonamides is 1. The van der Waals surface area contributed by atoms with Crippen molar-refractivity contribution in [3.05, 3.63) is 34.1 Å². The molecule has 0 unspecified atom stereocenters. The van der Waals surface area contributed by atoms with Crippen LogP contribution in [0.4, 0.5) is 5.13 Å². The summed E-state index contributed by atoms with van der Waals surface area (Å²) in [6.45, 7) is 3.88. The third kappa shape index (κ3) is 3.05. The van der Waals surface area contributed by atoms with Gasteiger partial charge in [-0.25, -0.2) is 13.4 Å². The van der Waals surface area contributed by atoms with Crippen molar-refractivity contribution in [3.63, 3.8) is 0 Å². The van der Waals surface area contributed by atoms with Crippen molar-refractivity contribution < 1.29 is 8.42 Å². The van der Waals surface area contributed by atoms with Crippen molar-refractivity contribution >= 4 is 38.1 Å². The molecule has 19 heavy (non-hydrogen) atoms. The van der Waals surface area contributed by atoms with Gasteiger partial charge in [0.05, 0.1) is 10.7 Å². The van der Waals surface area contributed by atoms with E-state index in [-0.39, 0.29) is 9.92 Å². The van der Waals surface area contributed by atoms with Crippen molar-refractivity contribution in [3.8, 4) is 0 Å². The first kappa shape index (κ1) is 14.2. The van der Waals surface area contributed by atoms with E-state index >= 15 is 0 Å². The van der Waals surface area contributed by atoms with Gasteiger partial charge in [-0.05, 0) is 19.4 Å². The van der Waals surface area contributed by atoms with Crippen LogP contribution in [-0.2, 0) is 16.4 Å². The maximum atomic E-state index is 12.2. The maximum Gasteiger partial charge on any atom is 0.266 e. The zero-order valence-corrected chi connectivity index (χ0v) is 12.7. The number of anilines is 1. The van der Waals surface area contributed by atoms with Crippen molar-refractivity contribution in [2.45, 2.75) is 25.2 Å². The molecule has 0 spiro atoms. The lowest BCUT2D eigenvalue weighted by Gasteiger charge is -2.05. The molecule has 0 fully saturated rings. The molecule has 0 atom stereocenters. The molecule has 2 aromatic rings. The minimum absolute atomic E-state index is 0.0532. The largest absolute Gasteiger partial charge is 0.266 e. The van der Waals surface area contributed by atoms with E-state index in [1.54, 1.807) is 0 Å². The van der Waals surface area contributed by atoms with Crippen LogP contribution in [0, 0.1) is 6.92 Å². The lowest BCUT2D eigenvalue weighted by atomic mass is 10.3.